The molecule has 0 aliphatic heterocycles. The summed E-state index contributed by atoms with van der Waals surface area (Å²) in [5.41, 5.74) is 3.41. The predicted octanol–water partition coefficient (Wildman–Crippen LogP) is 4.73. The number of nitrogens with zero attached hydrogens (tertiary/aromatic N) is 1. The van der Waals surface area contributed by atoms with Gasteiger partial charge in [0.2, 0.25) is 0 Å². The largest absolute Gasteiger partial charge is 0.496 e. The molecular formula is C29H30N2O7S. The average molecular weight is 551 g/mol. The molecule has 3 aromatic carbocycles. The minimum atomic E-state index is -4.07. The van der Waals surface area contributed by atoms with Crippen molar-refractivity contribution in [1.82, 2.24) is 9.29 Å². The fourth-order valence-electron chi connectivity index (χ4n) is 4.64. The van der Waals surface area contributed by atoms with Crippen LogP contribution in [0.1, 0.15) is 27.8 Å². The lowest BCUT2D eigenvalue weighted by Crippen LogP contribution is -2.42. The molecule has 0 bridgehead atoms. The number of fused-ring (bicyclic) bond motifs is 1. The Hall–Kier alpha value is -4.31. The molecule has 0 fully saturated rings. The number of rotatable bonds is 9. The zero-order chi connectivity index (χ0) is 28.3. The second kappa shape index (κ2) is 11.2. The molecule has 39 heavy (non-hydrogen) atoms. The maximum Gasteiger partial charge on any atom is 0.408 e. The molecule has 2 N–H and O–H groups in total. The highest BCUT2D eigenvalue weighted by molar-refractivity contribution is 7.90. The second-order valence-electron chi connectivity index (χ2n) is 9.25. The van der Waals surface area contributed by atoms with Crippen LogP contribution in [0.5, 0.6) is 5.75 Å². The summed E-state index contributed by atoms with van der Waals surface area (Å²) in [5.74, 6) is -0.680. The zero-order valence-electron chi connectivity index (χ0n) is 22.1. The van der Waals surface area contributed by atoms with Gasteiger partial charge in [0.05, 0.1) is 17.5 Å². The molecule has 1 aromatic heterocycles. The van der Waals surface area contributed by atoms with Crippen molar-refractivity contribution in [3.63, 3.8) is 0 Å². The van der Waals surface area contributed by atoms with E-state index in [0.717, 1.165) is 5.56 Å². The van der Waals surface area contributed by atoms with E-state index in [1.165, 1.54) is 17.3 Å². The highest BCUT2D eigenvalue weighted by Crippen LogP contribution is 2.34. The van der Waals surface area contributed by atoms with Crippen LogP contribution in [0, 0.1) is 20.8 Å². The number of carbonyl (C=O) groups excluding carboxylic acids is 1. The van der Waals surface area contributed by atoms with E-state index in [1.807, 2.05) is 6.07 Å². The number of ether oxygens (including phenoxy) is 2. The summed E-state index contributed by atoms with van der Waals surface area (Å²) in [6.07, 6.45) is 0.381. The smallest absolute Gasteiger partial charge is 0.408 e. The molecule has 1 heterocycles. The van der Waals surface area contributed by atoms with E-state index in [4.69, 9.17) is 9.47 Å². The van der Waals surface area contributed by atoms with Crippen LogP contribution < -0.4 is 10.1 Å². The molecular weight excluding hydrogens is 520 g/mol. The molecule has 0 saturated carbocycles. The van der Waals surface area contributed by atoms with Gasteiger partial charge in [-0.3, -0.25) is 0 Å². The van der Waals surface area contributed by atoms with Crippen LogP contribution in [-0.2, 0) is 32.6 Å². The number of para-hydroxylation sites is 1. The van der Waals surface area contributed by atoms with E-state index in [1.54, 1.807) is 75.4 Å². The number of aromatic nitrogens is 1. The molecule has 0 radical (unpaired) electrons. The summed E-state index contributed by atoms with van der Waals surface area (Å²) >= 11 is 0. The Labute approximate surface area is 227 Å². The summed E-state index contributed by atoms with van der Waals surface area (Å²) < 4.78 is 39.7. The Morgan fingerprint density at radius 1 is 1.00 bits per heavy atom. The Kier molecular flexibility index (Phi) is 7.96. The molecule has 4 aromatic rings. The van der Waals surface area contributed by atoms with Gasteiger partial charge in [-0.05, 0) is 60.7 Å². The third-order valence-electron chi connectivity index (χ3n) is 6.70. The first kappa shape index (κ1) is 27.7. The topological polar surface area (TPSA) is 124 Å². The first-order valence-corrected chi connectivity index (χ1v) is 13.7. The van der Waals surface area contributed by atoms with Gasteiger partial charge < -0.3 is 19.9 Å². The first-order valence-electron chi connectivity index (χ1n) is 12.2. The average Bonchev–Trinajstić information content (AvgIpc) is 3.29. The number of methoxy groups -OCH3 is 1. The van der Waals surface area contributed by atoms with Crippen molar-refractivity contribution < 1.29 is 32.6 Å². The number of amides is 1. The van der Waals surface area contributed by atoms with E-state index >= 15 is 0 Å². The lowest BCUT2D eigenvalue weighted by molar-refractivity contribution is -0.139. The first-order chi connectivity index (χ1) is 18.5. The van der Waals surface area contributed by atoms with Gasteiger partial charge in [-0.1, -0.05) is 48.5 Å². The van der Waals surface area contributed by atoms with Crippen LogP contribution in [-0.4, -0.2) is 42.7 Å². The molecule has 1 atom stereocenters. The van der Waals surface area contributed by atoms with Gasteiger partial charge in [-0.2, -0.15) is 0 Å². The molecule has 1 amide bonds. The van der Waals surface area contributed by atoms with Gasteiger partial charge >= 0.3 is 12.1 Å². The fourth-order valence-corrected chi connectivity index (χ4v) is 6.52. The molecule has 10 heteroatoms. The SMILES string of the molecule is COc1cc(C)c(S(=O)(=O)n2cc(C[C@H](NC(=O)OCc3ccccc3)C(=O)O)c3ccccc32)c(C)c1C. The molecule has 9 nitrogen and oxygen atoms in total. The van der Waals surface area contributed by atoms with Crippen LogP contribution >= 0.6 is 0 Å². The number of aryl methyl sites for hydroxylation is 1. The van der Waals surface area contributed by atoms with Gasteiger partial charge in [0, 0.05) is 18.0 Å². The monoisotopic (exact) mass is 550 g/mol. The summed E-state index contributed by atoms with van der Waals surface area (Å²) in [6, 6.07) is 16.2. The van der Waals surface area contributed by atoms with Gasteiger partial charge in [-0.15, -0.1) is 0 Å². The minimum Gasteiger partial charge on any atom is -0.496 e. The highest BCUT2D eigenvalue weighted by Gasteiger charge is 2.29. The second-order valence-corrected chi connectivity index (χ2v) is 11.0. The quantitative estimate of drug-likeness (QED) is 0.309. The zero-order valence-corrected chi connectivity index (χ0v) is 22.9. The standard InChI is InChI=1S/C29H30N2O7S/c1-18-14-26(37-4)19(2)20(3)27(18)39(35,36)31-16-22(23-12-8-9-13-25(23)31)15-24(28(32)33)30-29(34)38-17-21-10-6-5-7-11-21/h5-14,16,24H,15,17H2,1-4H3,(H,30,34)(H,32,33)/t24-/m0/s1. The number of carboxylic acids is 1. The summed E-state index contributed by atoms with van der Waals surface area (Å²) in [5, 5.41) is 12.8. The molecule has 0 unspecified atom stereocenters. The normalized spacial score (nSPS) is 12.2. The molecule has 0 aliphatic carbocycles. The van der Waals surface area contributed by atoms with Gasteiger partial charge in [0.15, 0.2) is 0 Å². The number of carbonyl (C=O) groups is 2. The molecule has 0 aliphatic rings. The van der Waals surface area contributed by atoms with E-state index in [9.17, 15) is 23.1 Å². The van der Waals surface area contributed by atoms with Crippen molar-refractivity contribution in [3.8, 4) is 5.75 Å². The maximum absolute atomic E-state index is 14.0. The number of alkyl carbamates (subject to hydrolysis) is 1. The van der Waals surface area contributed by atoms with Crippen molar-refractivity contribution in [3.05, 3.63) is 94.7 Å². The van der Waals surface area contributed by atoms with Crippen LogP contribution in [0.4, 0.5) is 4.79 Å². The van der Waals surface area contributed by atoms with Gasteiger partial charge in [0.1, 0.15) is 18.4 Å². The lowest BCUT2D eigenvalue weighted by atomic mass is 10.1. The Bertz CT molecular complexity index is 1640. The minimum absolute atomic E-state index is 0.0173. The highest BCUT2D eigenvalue weighted by atomic mass is 32.2. The maximum atomic E-state index is 14.0. The fraction of sp³-hybridized carbons (Fsp3) is 0.241. The van der Waals surface area contributed by atoms with Crippen molar-refractivity contribution >= 4 is 33.0 Å². The molecule has 204 valence electrons. The molecule has 0 saturated heterocycles. The Balaban J connectivity index is 1.67. The van der Waals surface area contributed by atoms with Crippen LogP contribution in [0.3, 0.4) is 0 Å². The van der Waals surface area contributed by atoms with Gasteiger partial charge in [-0.25, -0.2) is 22.0 Å². The van der Waals surface area contributed by atoms with E-state index in [0.29, 0.717) is 38.9 Å². The van der Waals surface area contributed by atoms with E-state index < -0.39 is 28.1 Å². The lowest BCUT2D eigenvalue weighted by Gasteiger charge is -2.17. The predicted molar refractivity (Wildman–Crippen MR) is 147 cm³/mol. The number of aliphatic carboxylic acids is 1. The number of benzene rings is 3. The van der Waals surface area contributed by atoms with Crippen molar-refractivity contribution in [1.29, 1.82) is 0 Å². The number of hydrogen-bond donors (Lipinski definition) is 2. The van der Waals surface area contributed by atoms with Crippen molar-refractivity contribution in [2.24, 2.45) is 0 Å². The molecule has 4 rings (SSSR count). The third-order valence-corrected chi connectivity index (χ3v) is 8.67. The van der Waals surface area contributed by atoms with Crippen LogP contribution in [0.15, 0.2) is 71.8 Å². The van der Waals surface area contributed by atoms with E-state index in [2.05, 4.69) is 5.32 Å². The summed E-state index contributed by atoms with van der Waals surface area (Å²) in [7, 11) is -2.54. The number of nitrogens with one attached hydrogen (secondary N) is 1. The Morgan fingerprint density at radius 2 is 1.67 bits per heavy atom. The summed E-state index contributed by atoms with van der Waals surface area (Å²) in [4.78, 5) is 24.6. The number of carboxylic acid groups (broad SMARTS) is 1. The Morgan fingerprint density at radius 3 is 2.33 bits per heavy atom. The van der Waals surface area contributed by atoms with Crippen molar-refractivity contribution in [2.75, 3.05) is 7.11 Å². The molecule has 0 spiro atoms. The van der Waals surface area contributed by atoms with Crippen LogP contribution in [0.2, 0.25) is 0 Å². The van der Waals surface area contributed by atoms with E-state index in [-0.39, 0.29) is 17.9 Å². The van der Waals surface area contributed by atoms with Crippen molar-refractivity contribution in [2.45, 2.75) is 44.7 Å². The van der Waals surface area contributed by atoms with Crippen LogP contribution in [0.25, 0.3) is 10.9 Å². The number of hydrogen-bond acceptors (Lipinski definition) is 6. The summed E-state index contributed by atoms with van der Waals surface area (Å²) in [6.45, 7) is 5.22. The third kappa shape index (κ3) is 5.61. The van der Waals surface area contributed by atoms with Gasteiger partial charge in [0.25, 0.3) is 10.0 Å².